The fraction of sp³-hybridized carbons (Fsp3) is 0.526. The molecule has 1 unspecified atom stereocenters. The molecule has 0 bridgehead atoms. The van der Waals surface area contributed by atoms with Gasteiger partial charge in [-0.15, -0.1) is 0 Å². The molecule has 0 saturated carbocycles. The first kappa shape index (κ1) is 16.3. The van der Waals surface area contributed by atoms with E-state index in [-0.39, 0.29) is 0 Å². The SMILES string of the molecule is Cc1cn(C)c(C2CCCN(Cc3cnn4c(C)cc(C)nc34)C2)n1. The monoisotopic (exact) mass is 338 g/mol. The number of piperidine rings is 1. The highest BCUT2D eigenvalue weighted by atomic mass is 15.3. The predicted molar refractivity (Wildman–Crippen MR) is 97.7 cm³/mol. The maximum Gasteiger partial charge on any atom is 0.159 e. The number of likely N-dealkylation sites (tertiary alicyclic amines) is 1. The average molecular weight is 338 g/mol. The lowest BCUT2D eigenvalue weighted by molar-refractivity contribution is 0.195. The lowest BCUT2D eigenvalue weighted by atomic mass is 9.97. The second-order valence-electron chi connectivity index (χ2n) is 7.37. The van der Waals surface area contributed by atoms with Crippen LogP contribution in [0.15, 0.2) is 18.5 Å². The molecule has 25 heavy (non-hydrogen) atoms. The quantitative estimate of drug-likeness (QED) is 0.737. The Morgan fingerprint density at radius 1 is 1.16 bits per heavy atom. The molecule has 0 aliphatic carbocycles. The average Bonchev–Trinajstić information content (AvgIpc) is 3.11. The normalized spacial score (nSPS) is 19.0. The molecular weight excluding hydrogens is 312 g/mol. The van der Waals surface area contributed by atoms with Gasteiger partial charge in [-0.3, -0.25) is 4.90 Å². The van der Waals surface area contributed by atoms with Gasteiger partial charge in [-0.25, -0.2) is 14.5 Å². The largest absolute Gasteiger partial charge is 0.337 e. The van der Waals surface area contributed by atoms with Crippen molar-refractivity contribution in [2.24, 2.45) is 7.05 Å². The summed E-state index contributed by atoms with van der Waals surface area (Å²) < 4.78 is 4.14. The van der Waals surface area contributed by atoms with E-state index in [2.05, 4.69) is 47.7 Å². The van der Waals surface area contributed by atoms with Crippen LogP contribution in [0.5, 0.6) is 0 Å². The number of fused-ring (bicyclic) bond motifs is 1. The third-order valence-electron chi connectivity index (χ3n) is 5.15. The lowest BCUT2D eigenvalue weighted by Crippen LogP contribution is -2.34. The molecule has 1 aliphatic heterocycles. The Balaban J connectivity index is 1.56. The Hall–Kier alpha value is -2.21. The van der Waals surface area contributed by atoms with Crippen molar-refractivity contribution in [2.45, 2.75) is 46.1 Å². The van der Waals surface area contributed by atoms with Crippen LogP contribution in [0.3, 0.4) is 0 Å². The molecule has 3 aromatic heterocycles. The maximum absolute atomic E-state index is 4.75. The fourth-order valence-electron chi connectivity index (χ4n) is 4.09. The van der Waals surface area contributed by atoms with Crippen molar-refractivity contribution in [3.05, 3.63) is 46.9 Å². The van der Waals surface area contributed by atoms with E-state index in [4.69, 9.17) is 9.97 Å². The number of aryl methyl sites for hydroxylation is 4. The minimum absolute atomic E-state index is 0.505. The second kappa shape index (κ2) is 6.26. The molecule has 1 fully saturated rings. The van der Waals surface area contributed by atoms with Crippen molar-refractivity contribution in [3.63, 3.8) is 0 Å². The van der Waals surface area contributed by atoms with Crippen LogP contribution >= 0.6 is 0 Å². The van der Waals surface area contributed by atoms with Gasteiger partial charge in [-0.1, -0.05) is 0 Å². The van der Waals surface area contributed by atoms with E-state index in [1.807, 2.05) is 17.6 Å². The topological polar surface area (TPSA) is 51.2 Å². The summed E-state index contributed by atoms with van der Waals surface area (Å²) in [5.74, 6) is 1.72. The molecule has 1 aliphatic rings. The number of rotatable bonds is 3. The van der Waals surface area contributed by atoms with Crippen molar-refractivity contribution in [2.75, 3.05) is 13.1 Å². The number of aromatic nitrogens is 5. The molecule has 0 aromatic carbocycles. The van der Waals surface area contributed by atoms with Gasteiger partial charge in [0, 0.05) is 49.2 Å². The Morgan fingerprint density at radius 2 is 2.00 bits per heavy atom. The van der Waals surface area contributed by atoms with Crippen LogP contribution in [-0.2, 0) is 13.6 Å². The number of nitrogens with zero attached hydrogens (tertiary/aromatic N) is 6. The van der Waals surface area contributed by atoms with Crippen LogP contribution in [0.1, 0.15) is 47.2 Å². The zero-order valence-electron chi connectivity index (χ0n) is 15.5. The highest BCUT2D eigenvalue weighted by Gasteiger charge is 2.25. The molecule has 0 radical (unpaired) electrons. The number of imidazole rings is 1. The Morgan fingerprint density at radius 3 is 2.76 bits per heavy atom. The minimum Gasteiger partial charge on any atom is -0.337 e. The summed E-state index contributed by atoms with van der Waals surface area (Å²) >= 11 is 0. The Bertz CT molecular complexity index is 906. The summed E-state index contributed by atoms with van der Waals surface area (Å²) in [7, 11) is 2.11. The molecule has 0 amide bonds. The van der Waals surface area contributed by atoms with Crippen LogP contribution in [0, 0.1) is 20.8 Å². The predicted octanol–water partition coefficient (Wildman–Crippen LogP) is 2.77. The maximum atomic E-state index is 4.75. The van der Waals surface area contributed by atoms with Crippen molar-refractivity contribution in [1.82, 2.24) is 29.0 Å². The molecule has 4 rings (SSSR count). The van der Waals surface area contributed by atoms with Crippen LogP contribution < -0.4 is 0 Å². The van der Waals surface area contributed by atoms with Gasteiger partial charge in [-0.2, -0.15) is 5.10 Å². The van der Waals surface area contributed by atoms with Crippen molar-refractivity contribution in [1.29, 1.82) is 0 Å². The van der Waals surface area contributed by atoms with Crippen molar-refractivity contribution < 1.29 is 0 Å². The van der Waals surface area contributed by atoms with E-state index in [0.717, 1.165) is 42.4 Å². The summed E-state index contributed by atoms with van der Waals surface area (Å²) in [6, 6.07) is 2.07. The smallest absolute Gasteiger partial charge is 0.159 e. The first-order valence-electron chi connectivity index (χ1n) is 9.04. The zero-order valence-corrected chi connectivity index (χ0v) is 15.5. The summed E-state index contributed by atoms with van der Waals surface area (Å²) in [6.45, 7) is 9.27. The van der Waals surface area contributed by atoms with Gasteiger partial charge >= 0.3 is 0 Å². The van der Waals surface area contributed by atoms with Gasteiger partial charge in [-0.05, 0) is 46.2 Å². The molecule has 1 atom stereocenters. The Labute approximate surface area is 148 Å². The van der Waals surface area contributed by atoms with E-state index >= 15 is 0 Å². The van der Waals surface area contributed by atoms with Gasteiger partial charge < -0.3 is 4.57 Å². The summed E-state index contributed by atoms with van der Waals surface area (Å²) in [4.78, 5) is 12.0. The molecule has 1 saturated heterocycles. The van der Waals surface area contributed by atoms with Gasteiger partial charge in [0.25, 0.3) is 0 Å². The fourth-order valence-corrected chi connectivity index (χ4v) is 4.09. The van der Waals surface area contributed by atoms with E-state index in [0.29, 0.717) is 5.92 Å². The zero-order chi connectivity index (χ0) is 17.6. The van der Waals surface area contributed by atoms with Crippen molar-refractivity contribution >= 4 is 5.65 Å². The van der Waals surface area contributed by atoms with E-state index in [9.17, 15) is 0 Å². The van der Waals surface area contributed by atoms with Crippen LogP contribution in [0.4, 0.5) is 0 Å². The lowest BCUT2D eigenvalue weighted by Gasteiger charge is -2.32. The summed E-state index contributed by atoms with van der Waals surface area (Å²) in [6.07, 6.45) is 6.52. The summed E-state index contributed by atoms with van der Waals surface area (Å²) in [5, 5.41) is 4.53. The molecule has 6 nitrogen and oxygen atoms in total. The minimum atomic E-state index is 0.505. The molecule has 3 aromatic rings. The first-order chi connectivity index (χ1) is 12.0. The number of hydrogen-bond donors (Lipinski definition) is 0. The molecule has 6 heteroatoms. The molecule has 0 N–H and O–H groups in total. The second-order valence-corrected chi connectivity index (χ2v) is 7.37. The highest BCUT2D eigenvalue weighted by molar-refractivity contribution is 5.47. The van der Waals surface area contributed by atoms with E-state index < -0.39 is 0 Å². The van der Waals surface area contributed by atoms with E-state index in [1.165, 1.54) is 24.2 Å². The standard InChI is InChI=1S/C19H26N6/c1-13-8-15(3)25-19(21-13)17(9-20-25)12-24-7-5-6-16(11-24)18-22-14(2)10-23(18)4/h8-10,16H,5-7,11-12H2,1-4H3. The third kappa shape index (κ3) is 3.06. The van der Waals surface area contributed by atoms with Crippen LogP contribution in [-0.4, -0.2) is 42.1 Å². The van der Waals surface area contributed by atoms with Crippen LogP contribution in [0.25, 0.3) is 5.65 Å². The summed E-state index contributed by atoms with van der Waals surface area (Å²) in [5.41, 5.74) is 5.49. The molecule has 132 valence electrons. The van der Waals surface area contributed by atoms with Crippen LogP contribution in [0.2, 0.25) is 0 Å². The third-order valence-corrected chi connectivity index (χ3v) is 5.15. The van der Waals surface area contributed by atoms with Gasteiger partial charge in [0.15, 0.2) is 5.65 Å². The Kier molecular flexibility index (Phi) is 4.07. The van der Waals surface area contributed by atoms with Crippen molar-refractivity contribution in [3.8, 4) is 0 Å². The van der Waals surface area contributed by atoms with Gasteiger partial charge in [0.2, 0.25) is 0 Å². The highest BCUT2D eigenvalue weighted by Crippen LogP contribution is 2.27. The molecule has 4 heterocycles. The molecule has 0 spiro atoms. The number of hydrogen-bond acceptors (Lipinski definition) is 4. The van der Waals surface area contributed by atoms with Gasteiger partial charge in [0.1, 0.15) is 5.82 Å². The first-order valence-corrected chi connectivity index (χ1v) is 9.04. The van der Waals surface area contributed by atoms with Gasteiger partial charge in [0.05, 0.1) is 11.9 Å². The van der Waals surface area contributed by atoms with E-state index in [1.54, 1.807) is 0 Å². The molecular formula is C19H26N6.